The standard InChI is InChI=1S/C16H12N6O/c17-10-11(9-13-7-4-8-23-13)14-20-15(18)22-16(21-14)19-12-5-2-1-3-6-12/h1-9H,(H3,18,19,20,21,22). The zero-order chi connectivity index (χ0) is 16.1. The van der Waals surface area contributed by atoms with E-state index in [1.54, 1.807) is 18.2 Å². The lowest BCUT2D eigenvalue weighted by atomic mass is 10.2. The van der Waals surface area contributed by atoms with Crippen molar-refractivity contribution in [2.24, 2.45) is 0 Å². The highest BCUT2D eigenvalue weighted by Crippen LogP contribution is 2.18. The van der Waals surface area contributed by atoms with Crippen molar-refractivity contribution in [1.82, 2.24) is 15.0 Å². The number of hydrogen-bond donors (Lipinski definition) is 2. The second-order valence-electron chi connectivity index (χ2n) is 4.52. The number of nitrogens with one attached hydrogen (secondary N) is 1. The first kappa shape index (κ1) is 14.3. The SMILES string of the molecule is N#CC(=Cc1ccco1)c1nc(N)nc(Nc2ccccc2)n1. The molecule has 0 amide bonds. The van der Waals surface area contributed by atoms with Crippen LogP contribution in [0.3, 0.4) is 0 Å². The van der Waals surface area contributed by atoms with Crippen molar-refractivity contribution in [3.63, 3.8) is 0 Å². The molecule has 23 heavy (non-hydrogen) atoms. The molecular weight excluding hydrogens is 292 g/mol. The number of rotatable bonds is 4. The molecule has 112 valence electrons. The summed E-state index contributed by atoms with van der Waals surface area (Å²) in [4.78, 5) is 12.3. The Morgan fingerprint density at radius 2 is 1.96 bits per heavy atom. The number of hydrogen-bond acceptors (Lipinski definition) is 7. The number of benzene rings is 1. The third-order valence-electron chi connectivity index (χ3n) is 2.87. The maximum Gasteiger partial charge on any atom is 0.232 e. The van der Waals surface area contributed by atoms with Crippen LogP contribution in [0.1, 0.15) is 11.6 Å². The molecule has 2 heterocycles. The Kier molecular flexibility index (Phi) is 3.98. The number of para-hydroxylation sites is 1. The zero-order valence-electron chi connectivity index (χ0n) is 12.0. The van der Waals surface area contributed by atoms with Crippen LogP contribution in [0.2, 0.25) is 0 Å². The van der Waals surface area contributed by atoms with Crippen molar-refractivity contribution >= 4 is 29.2 Å². The summed E-state index contributed by atoms with van der Waals surface area (Å²) in [6.07, 6.45) is 3.06. The number of aromatic nitrogens is 3. The van der Waals surface area contributed by atoms with Crippen LogP contribution in [0.25, 0.3) is 11.6 Å². The molecule has 7 nitrogen and oxygen atoms in total. The molecule has 0 bridgehead atoms. The Bertz CT molecular complexity index is 865. The number of allylic oxidation sites excluding steroid dienone is 1. The van der Waals surface area contributed by atoms with Crippen LogP contribution < -0.4 is 11.1 Å². The minimum Gasteiger partial charge on any atom is -0.465 e. The second kappa shape index (κ2) is 6.41. The molecule has 7 heteroatoms. The molecule has 3 rings (SSSR count). The van der Waals surface area contributed by atoms with Crippen LogP contribution in [0, 0.1) is 11.3 Å². The highest BCUT2D eigenvalue weighted by Gasteiger charge is 2.10. The summed E-state index contributed by atoms with van der Waals surface area (Å²) in [5.74, 6) is 0.987. The first-order valence-corrected chi connectivity index (χ1v) is 6.74. The summed E-state index contributed by atoms with van der Waals surface area (Å²) in [5.41, 5.74) is 6.75. The molecule has 2 aromatic heterocycles. The van der Waals surface area contributed by atoms with E-state index < -0.39 is 0 Å². The van der Waals surface area contributed by atoms with E-state index in [4.69, 9.17) is 10.2 Å². The lowest BCUT2D eigenvalue weighted by Crippen LogP contribution is -2.06. The molecule has 0 radical (unpaired) electrons. The third-order valence-corrected chi connectivity index (χ3v) is 2.87. The lowest BCUT2D eigenvalue weighted by molar-refractivity contribution is 0.557. The summed E-state index contributed by atoms with van der Waals surface area (Å²) < 4.78 is 5.20. The van der Waals surface area contributed by atoms with Gasteiger partial charge in [0.1, 0.15) is 17.4 Å². The molecule has 3 aromatic rings. The van der Waals surface area contributed by atoms with Gasteiger partial charge in [-0.3, -0.25) is 0 Å². The van der Waals surface area contributed by atoms with Crippen LogP contribution in [0.15, 0.2) is 53.1 Å². The van der Waals surface area contributed by atoms with Gasteiger partial charge in [0, 0.05) is 11.8 Å². The number of nitrogens with zero attached hydrogens (tertiary/aromatic N) is 4. The first-order valence-electron chi connectivity index (χ1n) is 6.74. The third kappa shape index (κ3) is 3.51. The van der Waals surface area contributed by atoms with Crippen molar-refractivity contribution in [3.05, 3.63) is 60.3 Å². The molecule has 3 N–H and O–H groups in total. The van der Waals surface area contributed by atoms with Gasteiger partial charge in [-0.15, -0.1) is 0 Å². The number of furan rings is 1. The molecule has 0 unspecified atom stereocenters. The van der Waals surface area contributed by atoms with E-state index >= 15 is 0 Å². The van der Waals surface area contributed by atoms with Gasteiger partial charge < -0.3 is 15.5 Å². The van der Waals surface area contributed by atoms with Crippen LogP contribution in [0.5, 0.6) is 0 Å². The van der Waals surface area contributed by atoms with Crippen LogP contribution in [0.4, 0.5) is 17.6 Å². The average molecular weight is 304 g/mol. The van der Waals surface area contributed by atoms with E-state index in [0.29, 0.717) is 5.76 Å². The fraction of sp³-hybridized carbons (Fsp3) is 0. The normalized spacial score (nSPS) is 11.0. The Labute approximate surface area is 132 Å². The summed E-state index contributed by atoms with van der Waals surface area (Å²) in [5, 5.41) is 12.3. The highest BCUT2D eigenvalue weighted by molar-refractivity contribution is 5.86. The number of anilines is 3. The van der Waals surface area contributed by atoms with Gasteiger partial charge in [-0.05, 0) is 24.3 Å². The predicted molar refractivity (Wildman–Crippen MR) is 86.2 cm³/mol. The molecule has 1 aromatic carbocycles. The van der Waals surface area contributed by atoms with Gasteiger partial charge in [0.25, 0.3) is 0 Å². The summed E-state index contributed by atoms with van der Waals surface area (Å²) >= 11 is 0. The fourth-order valence-electron chi connectivity index (χ4n) is 1.88. The predicted octanol–water partition coefficient (Wildman–Crippen LogP) is 2.85. The van der Waals surface area contributed by atoms with Crippen molar-refractivity contribution in [2.75, 3.05) is 11.1 Å². The number of nitrogens with two attached hydrogens (primary N) is 1. The van der Waals surface area contributed by atoms with Gasteiger partial charge in [-0.1, -0.05) is 18.2 Å². The summed E-state index contributed by atoms with van der Waals surface area (Å²) in [6, 6.07) is 14.9. The molecule has 0 spiro atoms. The van der Waals surface area contributed by atoms with Crippen LogP contribution in [-0.4, -0.2) is 15.0 Å². The maximum absolute atomic E-state index is 9.33. The largest absolute Gasteiger partial charge is 0.465 e. The molecular formula is C16H12N6O. The second-order valence-corrected chi connectivity index (χ2v) is 4.52. The summed E-state index contributed by atoms with van der Waals surface area (Å²) in [6.45, 7) is 0. The fourth-order valence-corrected chi connectivity index (χ4v) is 1.88. The smallest absolute Gasteiger partial charge is 0.232 e. The van der Waals surface area contributed by atoms with Crippen molar-refractivity contribution in [2.45, 2.75) is 0 Å². The van der Waals surface area contributed by atoms with E-state index in [1.165, 1.54) is 6.26 Å². The van der Waals surface area contributed by atoms with Gasteiger partial charge in [0.2, 0.25) is 11.9 Å². The minimum atomic E-state index is 0.0222. The molecule has 0 atom stereocenters. The van der Waals surface area contributed by atoms with Crippen molar-refractivity contribution in [1.29, 1.82) is 5.26 Å². The van der Waals surface area contributed by atoms with Crippen molar-refractivity contribution in [3.8, 4) is 6.07 Å². The molecule has 0 saturated carbocycles. The average Bonchev–Trinajstić information content (AvgIpc) is 3.06. The highest BCUT2D eigenvalue weighted by atomic mass is 16.3. The Morgan fingerprint density at radius 3 is 2.65 bits per heavy atom. The Balaban J connectivity index is 1.95. The topological polar surface area (TPSA) is 114 Å². The molecule has 0 fully saturated rings. The Morgan fingerprint density at radius 1 is 1.13 bits per heavy atom. The van der Waals surface area contributed by atoms with E-state index in [0.717, 1.165) is 5.69 Å². The maximum atomic E-state index is 9.33. The van der Waals surface area contributed by atoms with Gasteiger partial charge in [-0.25, -0.2) is 0 Å². The Hall–Kier alpha value is -3.66. The molecule has 0 aliphatic heterocycles. The van der Waals surface area contributed by atoms with Gasteiger partial charge in [0.05, 0.1) is 6.26 Å². The monoisotopic (exact) mass is 304 g/mol. The quantitative estimate of drug-likeness (QED) is 0.712. The number of nitriles is 1. The lowest BCUT2D eigenvalue weighted by Gasteiger charge is -2.06. The molecule has 0 aliphatic carbocycles. The van der Waals surface area contributed by atoms with Crippen LogP contribution >= 0.6 is 0 Å². The van der Waals surface area contributed by atoms with Crippen molar-refractivity contribution < 1.29 is 4.42 Å². The first-order chi connectivity index (χ1) is 11.2. The van der Waals surface area contributed by atoms with Crippen LogP contribution in [-0.2, 0) is 0 Å². The zero-order valence-corrected chi connectivity index (χ0v) is 12.0. The van der Waals surface area contributed by atoms with E-state index in [1.807, 2.05) is 36.4 Å². The minimum absolute atomic E-state index is 0.0222. The van der Waals surface area contributed by atoms with Gasteiger partial charge in [-0.2, -0.15) is 20.2 Å². The van der Waals surface area contributed by atoms with E-state index in [2.05, 4.69) is 20.3 Å². The summed E-state index contributed by atoms with van der Waals surface area (Å²) in [7, 11) is 0. The van der Waals surface area contributed by atoms with Gasteiger partial charge in [0.15, 0.2) is 5.82 Å². The molecule has 0 aliphatic rings. The molecule has 0 saturated heterocycles. The van der Waals surface area contributed by atoms with E-state index in [9.17, 15) is 5.26 Å². The number of nitrogen functional groups attached to an aromatic ring is 1. The van der Waals surface area contributed by atoms with Gasteiger partial charge >= 0.3 is 0 Å². The van der Waals surface area contributed by atoms with E-state index in [-0.39, 0.29) is 23.3 Å².